The summed E-state index contributed by atoms with van der Waals surface area (Å²) in [5.41, 5.74) is 1.26. The number of halogens is 2. The Morgan fingerprint density at radius 2 is 1.90 bits per heavy atom. The Bertz CT molecular complexity index is 711. The van der Waals surface area contributed by atoms with Gasteiger partial charge in [0.1, 0.15) is 12.0 Å². The zero-order valence-electron chi connectivity index (χ0n) is 11.5. The number of hydrogen-bond acceptors (Lipinski definition) is 4. The van der Waals surface area contributed by atoms with Gasteiger partial charge in [-0.2, -0.15) is 4.31 Å². The molecular weight excluding hydrogens is 302 g/mol. The van der Waals surface area contributed by atoms with Crippen LogP contribution in [0, 0.1) is 6.92 Å². The van der Waals surface area contributed by atoms with Crippen molar-refractivity contribution in [2.75, 3.05) is 13.6 Å². The lowest BCUT2D eigenvalue weighted by atomic mass is 10.2. The Balaban J connectivity index is 2.26. The van der Waals surface area contributed by atoms with Gasteiger partial charge in [0.2, 0.25) is 10.0 Å². The maximum absolute atomic E-state index is 12.3. The minimum atomic E-state index is -3.92. The van der Waals surface area contributed by atoms with Gasteiger partial charge in [0.15, 0.2) is 5.89 Å². The van der Waals surface area contributed by atoms with Crippen LogP contribution in [0.1, 0.15) is 5.89 Å². The van der Waals surface area contributed by atoms with Crippen molar-refractivity contribution in [2.24, 2.45) is 0 Å². The average Bonchev–Trinajstić information content (AvgIpc) is 2.85. The molecule has 0 unspecified atom stereocenters. The number of aryl methyl sites for hydroxylation is 1. The van der Waals surface area contributed by atoms with Crippen molar-refractivity contribution in [3.63, 3.8) is 0 Å². The predicted octanol–water partition coefficient (Wildman–Crippen LogP) is 2.54. The molecule has 0 aliphatic heterocycles. The van der Waals surface area contributed by atoms with Crippen LogP contribution in [0.5, 0.6) is 0 Å². The third-order valence-electron chi connectivity index (χ3n) is 2.87. The number of nitrogens with zero attached hydrogens (tertiary/aromatic N) is 2. The number of hydrogen-bond donors (Lipinski definition) is 0. The highest BCUT2D eigenvalue weighted by Gasteiger charge is 2.23. The van der Waals surface area contributed by atoms with Gasteiger partial charge in [-0.1, -0.05) is 12.1 Å². The molecular formula is C13H14F2N2O3S. The topological polar surface area (TPSA) is 63.4 Å². The van der Waals surface area contributed by atoms with E-state index in [0.29, 0.717) is 21.5 Å². The fourth-order valence-corrected chi connectivity index (χ4v) is 2.91. The highest BCUT2D eigenvalue weighted by atomic mass is 32.2. The first kappa shape index (κ1) is 15.6. The maximum atomic E-state index is 12.3. The van der Waals surface area contributed by atoms with Crippen molar-refractivity contribution in [1.82, 2.24) is 9.29 Å². The van der Waals surface area contributed by atoms with E-state index in [1.165, 1.54) is 18.4 Å². The minimum absolute atomic E-state index is 0.0467. The van der Waals surface area contributed by atoms with Crippen LogP contribution in [-0.4, -0.2) is 37.7 Å². The Kier molecular flexibility index (Phi) is 4.38. The van der Waals surface area contributed by atoms with E-state index in [2.05, 4.69) is 4.98 Å². The van der Waals surface area contributed by atoms with Crippen LogP contribution in [-0.2, 0) is 10.0 Å². The van der Waals surface area contributed by atoms with E-state index in [4.69, 9.17) is 4.42 Å². The summed E-state index contributed by atoms with van der Waals surface area (Å²) in [5.74, 6) is 0.498. The molecule has 2 aromatic rings. The molecule has 0 saturated carbocycles. The molecule has 0 atom stereocenters. The fraction of sp³-hybridized carbons (Fsp3) is 0.308. The van der Waals surface area contributed by atoms with Crippen LogP contribution in [0.2, 0.25) is 0 Å². The fourth-order valence-electron chi connectivity index (χ4n) is 1.77. The average molecular weight is 316 g/mol. The van der Waals surface area contributed by atoms with E-state index in [1.807, 2.05) is 0 Å². The molecule has 0 bridgehead atoms. The lowest BCUT2D eigenvalue weighted by molar-refractivity contribution is 0.126. The summed E-state index contributed by atoms with van der Waals surface area (Å²) in [4.78, 5) is 4.07. The van der Waals surface area contributed by atoms with Gasteiger partial charge in [-0.3, -0.25) is 0 Å². The number of sulfonamides is 1. The monoisotopic (exact) mass is 316 g/mol. The zero-order valence-corrected chi connectivity index (χ0v) is 12.3. The van der Waals surface area contributed by atoms with E-state index in [1.54, 1.807) is 19.1 Å². The number of benzene rings is 1. The molecule has 1 aromatic carbocycles. The van der Waals surface area contributed by atoms with Gasteiger partial charge in [-0.05, 0) is 12.1 Å². The third kappa shape index (κ3) is 3.45. The molecule has 8 heteroatoms. The van der Waals surface area contributed by atoms with E-state index in [-0.39, 0.29) is 4.90 Å². The first-order valence-electron chi connectivity index (χ1n) is 6.08. The first-order valence-corrected chi connectivity index (χ1v) is 7.52. The van der Waals surface area contributed by atoms with Crippen LogP contribution >= 0.6 is 0 Å². The normalized spacial score (nSPS) is 12.3. The Hall–Kier alpha value is -1.80. The second kappa shape index (κ2) is 5.90. The molecule has 0 spiro atoms. The summed E-state index contributed by atoms with van der Waals surface area (Å²) in [7, 11) is -2.80. The lowest BCUT2D eigenvalue weighted by Crippen LogP contribution is -2.31. The van der Waals surface area contributed by atoms with Crippen molar-refractivity contribution < 1.29 is 21.6 Å². The van der Waals surface area contributed by atoms with Gasteiger partial charge in [0.25, 0.3) is 6.43 Å². The van der Waals surface area contributed by atoms with Crippen molar-refractivity contribution in [1.29, 1.82) is 0 Å². The molecule has 1 heterocycles. The zero-order chi connectivity index (χ0) is 15.6. The molecule has 1 aromatic heterocycles. The summed E-state index contributed by atoms with van der Waals surface area (Å²) in [5, 5.41) is 0. The second-order valence-corrected chi connectivity index (χ2v) is 6.50. The highest BCUT2D eigenvalue weighted by molar-refractivity contribution is 7.89. The van der Waals surface area contributed by atoms with Crippen LogP contribution in [0.25, 0.3) is 11.3 Å². The van der Waals surface area contributed by atoms with Crippen molar-refractivity contribution in [3.05, 3.63) is 36.4 Å². The van der Waals surface area contributed by atoms with Crippen LogP contribution in [0.3, 0.4) is 0 Å². The predicted molar refractivity (Wildman–Crippen MR) is 72.5 cm³/mol. The maximum Gasteiger partial charge on any atom is 0.252 e. The van der Waals surface area contributed by atoms with Gasteiger partial charge >= 0.3 is 0 Å². The number of aromatic nitrogens is 1. The van der Waals surface area contributed by atoms with Crippen molar-refractivity contribution in [2.45, 2.75) is 18.2 Å². The highest BCUT2D eigenvalue weighted by Crippen LogP contribution is 2.22. The number of oxazole rings is 1. The van der Waals surface area contributed by atoms with E-state index in [9.17, 15) is 17.2 Å². The smallest absolute Gasteiger partial charge is 0.252 e. The largest absolute Gasteiger partial charge is 0.449 e. The molecule has 21 heavy (non-hydrogen) atoms. The Morgan fingerprint density at radius 1 is 1.29 bits per heavy atom. The molecule has 0 amide bonds. The lowest BCUT2D eigenvalue weighted by Gasteiger charge is -2.16. The van der Waals surface area contributed by atoms with Crippen LogP contribution < -0.4 is 0 Å². The summed E-state index contributed by atoms with van der Waals surface area (Å²) in [6, 6.07) is 5.83. The molecule has 0 fully saturated rings. The quantitative estimate of drug-likeness (QED) is 0.850. The van der Waals surface area contributed by atoms with E-state index in [0.717, 1.165) is 7.05 Å². The summed E-state index contributed by atoms with van der Waals surface area (Å²) >= 11 is 0. The number of rotatable bonds is 5. The summed E-state index contributed by atoms with van der Waals surface area (Å²) < 4.78 is 54.5. The Labute approximate surface area is 121 Å². The molecule has 2 rings (SSSR count). The molecule has 0 radical (unpaired) electrons. The molecule has 0 saturated heterocycles. The van der Waals surface area contributed by atoms with Gasteiger partial charge in [0, 0.05) is 19.5 Å². The molecule has 5 nitrogen and oxygen atoms in total. The second-order valence-electron chi connectivity index (χ2n) is 4.45. The molecule has 0 N–H and O–H groups in total. The SMILES string of the molecule is Cc1nc(-c2ccc(S(=O)(=O)N(C)CC(F)F)cc2)co1. The van der Waals surface area contributed by atoms with Gasteiger partial charge in [-0.25, -0.2) is 22.2 Å². The van der Waals surface area contributed by atoms with Gasteiger partial charge in [-0.15, -0.1) is 0 Å². The van der Waals surface area contributed by atoms with Crippen molar-refractivity contribution >= 4 is 10.0 Å². The van der Waals surface area contributed by atoms with Crippen LogP contribution in [0.4, 0.5) is 8.78 Å². The number of alkyl halides is 2. The molecule has 114 valence electrons. The standard InChI is InChI=1S/C13H14F2N2O3S/c1-9-16-12(8-20-9)10-3-5-11(6-4-10)21(18,19)17(2)7-13(14)15/h3-6,8,13H,7H2,1-2H3. The van der Waals surface area contributed by atoms with E-state index < -0.39 is 23.0 Å². The molecule has 0 aliphatic rings. The third-order valence-corrected chi connectivity index (χ3v) is 4.71. The van der Waals surface area contributed by atoms with Gasteiger partial charge < -0.3 is 4.42 Å². The van der Waals surface area contributed by atoms with Crippen LogP contribution in [0.15, 0.2) is 39.8 Å². The summed E-state index contributed by atoms with van der Waals surface area (Å²) in [6.07, 6.45) is -1.26. The van der Waals surface area contributed by atoms with Crippen molar-refractivity contribution in [3.8, 4) is 11.3 Å². The molecule has 0 aliphatic carbocycles. The Morgan fingerprint density at radius 3 is 2.38 bits per heavy atom. The van der Waals surface area contributed by atoms with Gasteiger partial charge in [0.05, 0.1) is 11.4 Å². The minimum Gasteiger partial charge on any atom is -0.449 e. The summed E-state index contributed by atoms with van der Waals surface area (Å²) in [6.45, 7) is 0.855. The van der Waals surface area contributed by atoms with E-state index >= 15 is 0 Å². The first-order chi connectivity index (χ1) is 9.80.